The van der Waals surface area contributed by atoms with Crippen LogP contribution in [0.15, 0.2) is 18.2 Å². The summed E-state index contributed by atoms with van der Waals surface area (Å²) < 4.78 is 5.80. The second-order valence-corrected chi connectivity index (χ2v) is 6.86. The molecule has 1 N–H and O–H groups in total. The first kappa shape index (κ1) is 17.8. The van der Waals surface area contributed by atoms with Crippen molar-refractivity contribution in [2.45, 2.75) is 46.1 Å². The Kier molecular flexibility index (Phi) is 6.46. The molecule has 1 aromatic carbocycles. The van der Waals surface area contributed by atoms with Gasteiger partial charge >= 0.3 is 0 Å². The average Bonchev–Trinajstić information content (AvgIpc) is 2.51. The Bertz CT molecular complexity index is 522. The van der Waals surface area contributed by atoms with Gasteiger partial charge in [0, 0.05) is 6.54 Å². The van der Waals surface area contributed by atoms with Gasteiger partial charge in [0.05, 0.1) is 0 Å². The first-order valence-electron chi connectivity index (χ1n) is 8.66. The van der Waals surface area contributed by atoms with Gasteiger partial charge in [0.1, 0.15) is 5.75 Å². The molecule has 2 rings (SSSR count). The number of hydrogen-bond donors (Lipinski definition) is 1. The number of carbonyl (C=O) groups is 1. The van der Waals surface area contributed by atoms with Gasteiger partial charge in [0.15, 0.2) is 6.10 Å². The van der Waals surface area contributed by atoms with E-state index in [2.05, 4.69) is 30.3 Å². The van der Waals surface area contributed by atoms with Crippen LogP contribution in [-0.2, 0) is 4.79 Å². The number of piperidine rings is 1. The smallest absolute Gasteiger partial charge is 0.260 e. The summed E-state index contributed by atoms with van der Waals surface area (Å²) in [5, 5.41) is 3.01. The Morgan fingerprint density at radius 2 is 2.04 bits per heavy atom. The van der Waals surface area contributed by atoms with Gasteiger partial charge in [-0.3, -0.25) is 4.79 Å². The minimum atomic E-state index is -0.464. The van der Waals surface area contributed by atoms with E-state index < -0.39 is 6.10 Å². The van der Waals surface area contributed by atoms with Gasteiger partial charge in [-0.1, -0.05) is 17.7 Å². The van der Waals surface area contributed by atoms with Crippen LogP contribution < -0.4 is 10.1 Å². The van der Waals surface area contributed by atoms with E-state index in [1.165, 1.54) is 31.5 Å². The third-order valence-corrected chi connectivity index (χ3v) is 4.69. The molecule has 0 radical (unpaired) electrons. The lowest BCUT2D eigenvalue weighted by Gasteiger charge is -2.29. The molecule has 1 aliphatic rings. The molecule has 0 saturated carbocycles. The molecule has 0 unspecified atom stereocenters. The third-order valence-electron chi connectivity index (χ3n) is 4.69. The van der Waals surface area contributed by atoms with E-state index in [4.69, 9.17) is 4.74 Å². The number of ether oxygens (including phenoxy) is 1. The molecular formula is C19H30N2O2. The van der Waals surface area contributed by atoms with Crippen molar-refractivity contribution in [1.29, 1.82) is 0 Å². The molecule has 0 spiro atoms. The highest BCUT2D eigenvalue weighted by atomic mass is 16.5. The molecule has 0 bridgehead atoms. The molecule has 1 atom stereocenters. The van der Waals surface area contributed by atoms with Crippen molar-refractivity contribution in [3.63, 3.8) is 0 Å². The second kappa shape index (κ2) is 8.34. The topological polar surface area (TPSA) is 41.6 Å². The van der Waals surface area contributed by atoms with Crippen molar-refractivity contribution in [2.75, 3.05) is 26.7 Å². The summed E-state index contributed by atoms with van der Waals surface area (Å²) in [6.07, 6.45) is 3.08. The van der Waals surface area contributed by atoms with Crippen molar-refractivity contribution < 1.29 is 9.53 Å². The molecule has 4 heteroatoms. The van der Waals surface area contributed by atoms with Crippen LogP contribution in [0.3, 0.4) is 0 Å². The van der Waals surface area contributed by atoms with Gasteiger partial charge in [-0.15, -0.1) is 0 Å². The number of carbonyl (C=O) groups excluding carboxylic acids is 1. The number of hydrogen-bond acceptors (Lipinski definition) is 3. The van der Waals surface area contributed by atoms with Crippen LogP contribution in [-0.4, -0.2) is 43.6 Å². The van der Waals surface area contributed by atoms with Crippen molar-refractivity contribution in [2.24, 2.45) is 5.92 Å². The monoisotopic (exact) mass is 318 g/mol. The van der Waals surface area contributed by atoms with Gasteiger partial charge < -0.3 is 15.0 Å². The maximum atomic E-state index is 12.2. The van der Waals surface area contributed by atoms with E-state index in [1.54, 1.807) is 0 Å². The van der Waals surface area contributed by atoms with Crippen LogP contribution in [0.25, 0.3) is 0 Å². The van der Waals surface area contributed by atoms with Crippen LogP contribution in [0.1, 0.15) is 37.3 Å². The van der Waals surface area contributed by atoms with E-state index >= 15 is 0 Å². The Balaban J connectivity index is 1.72. The van der Waals surface area contributed by atoms with Crippen molar-refractivity contribution in [3.8, 4) is 5.75 Å². The SMILES string of the molecule is Cc1ccc(O[C@@H](C)C(=O)NCCC2CCN(C)CC2)c(C)c1. The number of likely N-dealkylation sites (tertiary alicyclic amines) is 1. The number of aryl methyl sites for hydroxylation is 2. The van der Waals surface area contributed by atoms with Crippen molar-refractivity contribution in [3.05, 3.63) is 29.3 Å². The van der Waals surface area contributed by atoms with Gasteiger partial charge in [-0.2, -0.15) is 0 Å². The first-order chi connectivity index (χ1) is 11.0. The molecule has 1 fully saturated rings. The molecular weight excluding hydrogens is 288 g/mol. The van der Waals surface area contributed by atoms with Gasteiger partial charge in [-0.05, 0) is 77.7 Å². The number of nitrogens with zero attached hydrogens (tertiary/aromatic N) is 1. The summed E-state index contributed by atoms with van der Waals surface area (Å²) in [4.78, 5) is 14.5. The van der Waals surface area contributed by atoms with Gasteiger partial charge in [-0.25, -0.2) is 0 Å². The zero-order valence-corrected chi connectivity index (χ0v) is 14.9. The maximum absolute atomic E-state index is 12.2. The zero-order valence-electron chi connectivity index (χ0n) is 14.9. The molecule has 1 amide bonds. The lowest BCUT2D eigenvalue weighted by atomic mass is 9.94. The number of amides is 1. The Labute approximate surface area is 140 Å². The van der Waals surface area contributed by atoms with Crippen LogP contribution in [0.5, 0.6) is 5.75 Å². The van der Waals surface area contributed by atoms with Gasteiger partial charge in [0.2, 0.25) is 0 Å². The Morgan fingerprint density at radius 1 is 1.35 bits per heavy atom. The van der Waals surface area contributed by atoms with E-state index in [0.717, 1.165) is 30.2 Å². The minimum Gasteiger partial charge on any atom is -0.481 e. The van der Waals surface area contributed by atoms with E-state index in [0.29, 0.717) is 0 Å². The summed E-state index contributed by atoms with van der Waals surface area (Å²) in [7, 11) is 2.17. The highest BCUT2D eigenvalue weighted by Gasteiger charge is 2.18. The van der Waals surface area contributed by atoms with E-state index in [1.807, 2.05) is 26.0 Å². The fourth-order valence-corrected chi connectivity index (χ4v) is 3.07. The second-order valence-electron chi connectivity index (χ2n) is 6.86. The standard InChI is InChI=1S/C19H30N2O2/c1-14-5-6-18(15(2)13-14)23-16(3)19(22)20-10-7-17-8-11-21(4)12-9-17/h5-6,13,16-17H,7-12H2,1-4H3,(H,20,22)/t16-/m0/s1. The molecule has 128 valence electrons. The van der Waals surface area contributed by atoms with Crippen LogP contribution >= 0.6 is 0 Å². The Morgan fingerprint density at radius 3 is 2.70 bits per heavy atom. The highest BCUT2D eigenvalue weighted by molar-refractivity contribution is 5.80. The van der Waals surface area contributed by atoms with E-state index in [-0.39, 0.29) is 5.91 Å². The molecule has 1 aliphatic heterocycles. The van der Waals surface area contributed by atoms with Gasteiger partial charge in [0.25, 0.3) is 5.91 Å². The summed E-state index contributed by atoms with van der Waals surface area (Å²) in [6.45, 7) is 8.95. The number of benzene rings is 1. The highest BCUT2D eigenvalue weighted by Crippen LogP contribution is 2.20. The maximum Gasteiger partial charge on any atom is 0.260 e. The first-order valence-corrected chi connectivity index (χ1v) is 8.66. The molecule has 0 aromatic heterocycles. The van der Waals surface area contributed by atoms with Crippen LogP contribution in [0.4, 0.5) is 0 Å². The fourth-order valence-electron chi connectivity index (χ4n) is 3.07. The quantitative estimate of drug-likeness (QED) is 0.877. The summed E-state index contributed by atoms with van der Waals surface area (Å²) >= 11 is 0. The lowest BCUT2D eigenvalue weighted by molar-refractivity contribution is -0.127. The molecule has 1 aromatic rings. The number of nitrogens with one attached hydrogen (secondary N) is 1. The molecule has 4 nitrogen and oxygen atoms in total. The normalized spacial score (nSPS) is 17.7. The summed E-state index contributed by atoms with van der Waals surface area (Å²) in [5.41, 5.74) is 2.26. The van der Waals surface area contributed by atoms with E-state index in [9.17, 15) is 4.79 Å². The van der Waals surface area contributed by atoms with Crippen LogP contribution in [0, 0.1) is 19.8 Å². The fraction of sp³-hybridized carbons (Fsp3) is 0.632. The molecule has 1 heterocycles. The predicted octanol–water partition coefficient (Wildman–Crippen LogP) is 2.92. The summed E-state index contributed by atoms with van der Waals surface area (Å²) in [5.74, 6) is 1.49. The molecule has 0 aliphatic carbocycles. The predicted molar refractivity (Wildman–Crippen MR) is 93.9 cm³/mol. The van der Waals surface area contributed by atoms with Crippen molar-refractivity contribution >= 4 is 5.91 Å². The molecule has 23 heavy (non-hydrogen) atoms. The summed E-state index contributed by atoms with van der Waals surface area (Å²) in [6, 6.07) is 6.01. The third kappa shape index (κ3) is 5.54. The largest absolute Gasteiger partial charge is 0.481 e. The Hall–Kier alpha value is -1.55. The minimum absolute atomic E-state index is 0.0297. The van der Waals surface area contributed by atoms with Crippen molar-refractivity contribution in [1.82, 2.24) is 10.2 Å². The van der Waals surface area contributed by atoms with Crippen LogP contribution in [0.2, 0.25) is 0 Å². The average molecular weight is 318 g/mol. The zero-order chi connectivity index (χ0) is 16.8. The molecule has 1 saturated heterocycles. The number of rotatable bonds is 6. The lowest BCUT2D eigenvalue weighted by Crippen LogP contribution is -2.38.